The zero-order chi connectivity index (χ0) is 14.7. The molecular weight excluding hydrogens is 326 g/mol. The third kappa shape index (κ3) is 3.50. The second kappa shape index (κ2) is 6.26. The van der Waals surface area contributed by atoms with E-state index in [-0.39, 0.29) is 29.2 Å². The van der Waals surface area contributed by atoms with Crippen molar-refractivity contribution in [3.8, 4) is 5.75 Å². The van der Waals surface area contributed by atoms with Gasteiger partial charge in [0.2, 0.25) is 0 Å². The Hall–Kier alpha value is -1.56. The standard InChI is InChI=1S/C14H16BrNO4/c15-9-3-6-11(12(17)7-9)13(18)16-10-4-1-8(2-5-10)14(19)20/h3,6-8,10,17H,1-2,4-5H2,(H,16,18)(H,19,20). The van der Waals surface area contributed by atoms with E-state index in [2.05, 4.69) is 21.2 Å². The molecule has 1 aliphatic rings. The summed E-state index contributed by atoms with van der Waals surface area (Å²) in [5, 5.41) is 21.5. The molecule has 1 saturated carbocycles. The van der Waals surface area contributed by atoms with Crippen molar-refractivity contribution in [2.24, 2.45) is 5.92 Å². The second-order valence-electron chi connectivity index (χ2n) is 5.02. The smallest absolute Gasteiger partial charge is 0.306 e. The zero-order valence-electron chi connectivity index (χ0n) is 10.8. The second-order valence-corrected chi connectivity index (χ2v) is 5.94. The number of carboxylic acid groups (broad SMARTS) is 1. The molecule has 1 aromatic carbocycles. The molecule has 1 aromatic rings. The first-order valence-electron chi connectivity index (χ1n) is 6.49. The van der Waals surface area contributed by atoms with Crippen molar-refractivity contribution in [3.05, 3.63) is 28.2 Å². The van der Waals surface area contributed by atoms with E-state index in [1.54, 1.807) is 12.1 Å². The van der Waals surface area contributed by atoms with Crippen LogP contribution in [0.2, 0.25) is 0 Å². The number of hydrogen-bond acceptors (Lipinski definition) is 3. The summed E-state index contributed by atoms with van der Waals surface area (Å²) in [6.45, 7) is 0. The number of rotatable bonds is 3. The van der Waals surface area contributed by atoms with Crippen molar-refractivity contribution < 1.29 is 19.8 Å². The summed E-state index contributed by atoms with van der Waals surface area (Å²) in [4.78, 5) is 22.9. The predicted octanol–water partition coefficient (Wildman–Crippen LogP) is 2.53. The number of hydrogen-bond donors (Lipinski definition) is 3. The van der Waals surface area contributed by atoms with E-state index in [4.69, 9.17) is 5.11 Å². The van der Waals surface area contributed by atoms with Crippen LogP contribution in [-0.4, -0.2) is 28.1 Å². The van der Waals surface area contributed by atoms with E-state index in [0.717, 1.165) is 0 Å². The summed E-state index contributed by atoms with van der Waals surface area (Å²) in [7, 11) is 0. The molecular formula is C14H16BrNO4. The van der Waals surface area contributed by atoms with E-state index in [9.17, 15) is 14.7 Å². The molecule has 0 unspecified atom stereocenters. The van der Waals surface area contributed by atoms with Crippen molar-refractivity contribution in [1.29, 1.82) is 0 Å². The van der Waals surface area contributed by atoms with Gasteiger partial charge >= 0.3 is 5.97 Å². The summed E-state index contributed by atoms with van der Waals surface area (Å²) in [6, 6.07) is 4.69. The minimum Gasteiger partial charge on any atom is -0.507 e. The van der Waals surface area contributed by atoms with E-state index in [1.165, 1.54) is 6.07 Å². The van der Waals surface area contributed by atoms with Gasteiger partial charge < -0.3 is 15.5 Å². The Morgan fingerprint density at radius 2 is 1.85 bits per heavy atom. The normalized spacial score (nSPS) is 22.2. The summed E-state index contributed by atoms with van der Waals surface area (Å²) in [5.74, 6) is -1.46. The molecule has 1 aliphatic carbocycles. The molecule has 1 fully saturated rings. The first-order chi connectivity index (χ1) is 9.47. The number of aliphatic carboxylic acids is 1. The molecule has 108 valence electrons. The van der Waals surface area contributed by atoms with Crippen LogP contribution in [0, 0.1) is 5.92 Å². The van der Waals surface area contributed by atoms with Crippen LogP contribution in [-0.2, 0) is 4.79 Å². The largest absolute Gasteiger partial charge is 0.507 e. The molecule has 0 heterocycles. The Morgan fingerprint density at radius 1 is 1.20 bits per heavy atom. The van der Waals surface area contributed by atoms with E-state index in [0.29, 0.717) is 30.2 Å². The highest BCUT2D eigenvalue weighted by Crippen LogP contribution is 2.26. The molecule has 3 N–H and O–H groups in total. The quantitative estimate of drug-likeness (QED) is 0.788. The van der Waals surface area contributed by atoms with Gasteiger partial charge in [0.25, 0.3) is 5.91 Å². The first kappa shape index (κ1) is 14.8. The lowest BCUT2D eigenvalue weighted by Crippen LogP contribution is -2.38. The fourth-order valence-corrected chi connectivity index (χ4v) is 2.79. The lowest BCUT2D eigenvalue weighted by atomic mass is 9.86. The molecule has 0 aliphatic heterocycles. The summed E-state index contributed by atoms with van der Waals surface area (Å²) >= 11 is 3.22. The summed E-state index contributed by atoms with van der Waals surface area (Å²) < 4.78 is 0.702. The molecule has 1 amide bonds. The maximum Gasteiger partial charge on any atom is 0.306 e. The van der Waals surface area contributed by atoms with Crippen molar-refractivity contribution in [1.82, 2.24) is 5.32 Å². The average molecular weight is 342 g/mol. The Labute approximate surface area is 125 Å². The number of carbonyl (C=O) groups excluding carboxylic acids is 1. The number of phenolic OH excluding ortho intramolecular Hbond substituents is 1. The zero-order valence-corrected chi connectivity index (χ0v) is 12.4. The molecule has 0 aromatic heterocycles. The molecule has 0 atom stereocenters. The minimum absolute atomic E-state index is 0.0267. The van der Waals surface area contributed by atoms with Gasteiger partial charge in [0, 0.05) is 10.5 Å². The molecule has 0 bridgehead atoms. The number of phenols is 1. The topological polar surface area (TPSA) is 86.6 Å². The van der Waals surface area contributed by atoms with Crippen LogP contribution in [0.15, 0.2) is 22.7 Å². The van der Waals surface area contributed by atoms with Crippen LogP contribution < -0.4 is 5.32 Å². The lowest BCUT2D eigenvalue weighted by molar-refractivity contribution is -0.142. The van der Waals surface area contributed by atoms with E-state index in [1.807, 2.05) is 0 Å². The highest BCUT2D eigenvalue weighted by atomic mass is 79.9. The maximum absolute atomic E-state index is 12.1. The Balaban J connectivity index is 1.94. The van der Waals surface area contributed by atoms with Gasteiger partial charge in [0.1, 0.15) is 5.75 Å². The van der Waals surface area contributed by atoms with Gasteiger partial charge in [-0.1, -0.05) is 15.9 Å². The minimum atomic E-state index is -0.764. The fraction of sp³-hybridized carbons (Fsp3) is 0.429. The van der Waals surface area contributed by atoms with Gasteiger partial charge in [-0.05, 0) is 43.9 Å². The van der Waals surface area contributed by atoms with Crippen LogP contribution in [0.5, 0.6) is 5.75 Å². The van der Waals surface area contributed by atoms with Gasteiger partial charge in [-0.15, -0.1) is 0 Å². The molecule has 2 rings (SSSR count). The van der Waals surface area contributed by atoms with Gasteiger partial charge in [-0.2, -0.15) is 0 Å². The van der Waals surface area contributed by atoms with Crippen LogP contribution in [0.3, 0.4) is 0 Å². The van der Waals surface area contributed by atoms with E-state index >= 15 is 0 Å². The van der Waals surface area contributed by atoms with Crippen LogP contribution in [0.4, 0.5) is 0 Å². The number of benzene rings is 1. The third-order valence-corrected chi connectivity index (χ3v) is 4.11. The number of nitrogens with one attached hydrogen (secondary N) is 1. The number of amides is 1. The highest BCUT2D eigenvalue weighted by Gasteiger charge is 2.27. The fourth-order valence-electron chi connectivity index (χ4n) is 2.44. The number of carbonyl (C=O) groups is 2. The van der Waals surface area contributed by atoms with E-state index < -0.39 is 5.97 Å². The lowest BCUT2D eigenvalue weighted by Gasteiger charge is -2.26. The maximum atomic E-state index is 12.1. The van der Waals surface area contributed by atoms with Gasteiger partial charge in [0.15, 0.2) is 0 Å². The molecule has 0 spiro atoms. The Morgan fingerprint density at radius 3 is 2.40 bits per heavy atom. The van der Waals surface area contributed by atoms with Gasteiger partial charge in [0.05, 0.1) is 11.5 Å². The Kier molecular flexibility index (Phi) is 4.65. The van der Waals surface area contributed by atoms with Gasteiger partial charge in [-0.25, -0.2) is 0 Å². The third-order valence-electron chi connectivity index (χ3n) is 3.62. The Bertz CT molecular complexity index is 524. The number of carboxylic acids is 1. The van der Waals surface area contributed by atoms with Crippen molar-refractivity contribution in [2.45, 2.75) is 31.7 Å². The highest BCUT2D eigenvalue weighted by molar-refractivity contribution is 9.10. The predicted molar refractivity (Wildman–Crippen MR) is 76.7 cm³/mol. The van der Waals surface area contributed by atoms with Crippen LogP contribution in [0.1, 0.15) is 36.0 Å². The molecule has 5 nitrogen and oxygen atoms in total. The van der Waals surface area contributed by atoms with Gasteiger partial charge in [-0.3, -0.25) is 9.59 Å². The monoisotopic (exact) mass is 341 g/mol. The van der Waals surface area contributed by atoms with Crippen LogP contribution >= 0.6 is 15.9 Å². The van der Waals surface area contributed by atoms with Crippen molar-refractivity contribution >= 4 is 27.8 Å². The molecule has 0 radical (unpaired) electrons. The number of aromatic hydroxyl groups is 1. The molecule has 0 saturated heterocycles. The molecule has 20 heavy (non-hydrogen) atoms. The SMILES string of the molecule is O=C(NC1CCC(C(=O)O)CC1)c1ccc(Br)cc1O. The summed E-state index contributed by atoms with van der Waals surface area (Å²) in [6.07, 6.45) is 2.46. The van der Waals surface area contributed by atoms with Crippen LogP contribution in [0.25, 0.3) is 0 Å². The van der Waals surface area contributed by atoms with Crippen molar-refractivity contribution in [2.75, 3.05) is 0 Å². The molecule has 6 heteroatoms. The average Bonchev–Trinajstić information content (AvgIpc) is 2.39. The summed E-state index contributed by atoms with van der Waals surface area (Å²) in [5.41, 5.74) is 0.230. The first-order valence-corrected chi connectivity index (χ1v) is 7.29. The van der Waals surface area contributed by atoms with Crippen molar-refractivity contribution in [3.63, 3.8) is 0 Å². The number of halogens is 1.